The number of hydrogen-bond acceptors (Lipinski definition) is 2. The molecule has 2 nitrogen and oxygen atoms in total. The molecule has 90 valence electrons. The summed E-state index contributed by atoms with van der Waals surface area (Å²) in [6.07, 6.45) is 5.20. The number of benzene rings is 1. The quantitative estimate of drug-likeness (QED) is 0.660. The SMILES string of the molecule is CC1CCC(N)CC1.Cc1ccc(N)cc1. The molecule has 0 atom stereocenters. The maximum Gasteiger partial charge on any atom is 0.0314 e. The van der Waals surface area contributed by atoms with E-state index in [9.17, 15) is 0 Å². The summed E-state index contributed by atoms with van der Waals surface area (Å²) in [7, 11) is 0. The molecule has 0 amide bonds. The molecular formula is C14H24N2. The van der Waals surface area contributed by atoms with E-state index in [0.717, 1.165) is 11.6 Å². The summed E-state index contributed by atoms with van der Waals surface area (Å²) in [5.74, 6) is 0.940. The standard InChI is InChI=1S/C7H15N.C7H9N/c2*1-6-2-4-7(8)5-3-6/h6-7H,2-5,8H2,1H3;2-5H,8H2,1H3. The summed E-state index contributed by atoms with van der Waals surface area (Å²) >= 11 is 0. The molecule has 0 radical (unpaired) electrons. The molecule has 1 aromatic carbocycles. The van der Waals surface area contributed by atoms with Gasteiger partial charge in [-0.2, -0.15) is 0 Å². The molecule has 1 aromatic rings. The van der Waals surface area contributed by atoms with Crippen LogP contribution in [0.25, 0.3) is 0 Å². The van der Waals surface area contributed by atoms with Crippen molar-refractivity contribution in [3.8, 4) is 0 Å². The smallest absolute Gasteiger partial charge is 0.0314 e. The van der Waals surface area contributed by atoms with Crippen LogP contribution in [-0.2, 0) is 0 Å². The van der Waals surface area contributed by atoms with E-state index in [0.29, 0.717) is 6.04 Å². The molecule has 2 rings (SSSR count). The molecule has 1 fully saturated rings. The molecule has 0 spiro atoms. The average Bonchev–Trinajstić information content (AvgIpc) is 2.28. The van der Waals surface area contributed by atoms with E-state index < -0.39 is 0 Å². The number of hydrogen-bond donors (Lipinski definition) is 2. The van der Waals surface area contributed by atoms with E-state index in [1.54, 1.807) is 0 Å². The van der Waals surface area contributed by atoms with Crippen molar-refractivity contribution in [2.45, 2.75) is 45.6 Å². The highest BCUT2D eigenvalue weighted by atomic mass is 14.6. The van der Waals surface area contributed by atoms with Gasteiger partial charge in [-0.1, -0.05) is 24.6 Å². The Kier molecular flexibility index (Phi) is 5.33. The molecule has 0 bridgehead atoms. The minimum Gasteiger partial charge on any atom is -0.399 e. The summed E-state index contributed by atoms with van der Waals surface area (Å²) in [4.78, 5) is 0. The summed E-state index contributed by atoms with van der Waals surface area (Å²) in [5, 5.41) is 0. The second kappa shape index (κ2) is 6.54. The van der Waals surface area contributed by atoms with Gasteiger partial charge in [-0.3, -0.25) is 0 Å². The molecular weight excluding hydrogens is 196 g/mol. The summed E-state index contributed by atoms with van der Waals surface area (Å²) in [6, 6.07) is 8.31. The van der Waals surface area contributed by atoms with Crippen LogP contribution in [0, 0.1) is 12.8 Å². The first-order chi connectivity index (χ1) is 7.58. The fourth-order valence-electron chi connectivity index (χ4n) is 1.85. The first-order valence-corrected chi connectivity index (χ1v) is 6.15. The number of aryl methyl sites for hydroxylation is 1. The normalized spacial score (nSPS) is 24.4. The van der Waals surface area contributed by atoms with Crippen LogP contribution in [0.2, 0.25) is 0 Å². The molecule has 16 heavy (non-hydrogen) atoms. The van der Waals surface area contributed by atoms with Gasteiger partial charge in [0, 0.05) is 11.7 Å². The van der Waals surface area contributed by atoms with E-state index >= 15 is 0 Å². The Morgan fingerprint density at radius 2 is 1.50 bits per heavy atom. The first kappa shape index (κ1) is 13.0. The minimum atomic E-state index is 0.520. The molecule has 4 N–H and O–H groups in total. The summed E-state index contributed by atoms with van der Waals surface area (Å²) < 4.78 is 0. The highest BCUT2D eigenvalue weighted by Crippen LogP contribution is 2.21. The number of nitrogens with two attached hydrogens (primary N) is 2. The van der Waals surface area contributed by atoms with Crippen molar-refractivity contribution < 1.29 is 0 Å². The van der Waals surface area contributed by atoms with Gasteiger partial charge >= 0.3 is 0 Å². The van der Waals surface area contributed by atoms with Gasteiger partial charge in [0.2, 0.25) is 0 Å². The molecule has 1 aliphatic carbocycles. The lowest BCUT2D eigenvalue weighted by Gasteiger charge is -2.22. The predicted octanol–water partition coefficient (Wildman–Crippen LogP) is 3.10. The molecule has 2 heteroatoms. The zero-order valence-corrected chi connectivity index (χ0v) is 10.4. The second-order valence-corrected chi connectivity index (χ2v) is 4.93. The summed E-state index contributed by atoms with van der Waals surface area (Å²) in [5.41, 5.74) is 13.2. The van der Waals surface area contributed by atoms with Crippen LogP contribution in [0.1, 0.15) is 38.2 Å². The topological polar surface area (TPSA) is 52.0 Å². The van der Waals surface area contributed by atoms with Crippen LogP contribution in [0.3, 0.4) is 0 Å². The van der Waals surface area contributed by atoms with Crippen LogP contribution in [-0.4, -0.2) is 6.04 Å². The number of nitrogen functional groups attached to an aromatic ring is 1. The Morgan fingerprint density at radius 1 is 1.00 bits per heavy atom. The third-order valence-corrected chi connectivity index (χ3v) is 3.14. The number of anilines is 1. The van der Waals surface area contributed by atoms with Gasteiger partial charge in [0.15, 0.2) is 0 Å². The molecule has 0 heterocycles. The van der Waals surface area contributed by atoms with Crippen LogP contribution in [0.4, 0.5) is 5.69 Å². The molecule has 0 saturated heterocycles. The maximum absolute atomic E-state index is 5.70. The lowest BCUT2D eigenvalue weighted by Crippen LogP contribution is -2.25. The largest absolute Gasteiger partial charge is 0.399 e. The van der Waals surface area contributed by atoms with Crippen molar-refractivity contribution in [1.82, 2.24) is 0 Å². The van der Waals surface area contributed by atoms with Gasteiger partial charge < -0.3 is 11.5 Å². The van der Waals surface area contributed by atoms with E-state index in [1.165, 1.54) is 31.2 Å². The highest BCUT2D eigenvalue weighted by molar-refractivity contribution is 5.38. The Morgan fingerprint density at radius 3 is 1.88 bits per heavy atom. The molecule has 1 saturated carbocycles. The van der Waals surface area contributed by atoms with Gasteiger partial charge in [0.05, 0.1) is 0 Å². The predicted molar refractivity (Wildman–Crippen MR) is 71.2 cm³/mol. The number of rotatable bonds is 0. The highest BCUT2D eigenvalue weighted by Gasteiger charge is 2.13. The third kappa shape index (κ3) is 5.17. The lowest BCUT2D eigenvalue weighted by atomic mass is 9.88. The van der Waals surface area contributed by atoms with Crippen molar-refractivity contribution in [3.63, 3.8) is 0 Å². The van der Waals surface area contributed by atoms with E-state index in [-0.39, 0.29) is 0 Å². The van der Waals surface area contributed by atoms with Crippen molar-refractivity contribution in [2.75, 3.05) is 5.73 Å². The fraction of sp³-hybridized carbons (Fsp3) is 0.571. The van der Waals surface area contributed by atoms with Crippen molar-refractivity contribution >= 4 is 5.69 Å². The Balaban J connectivity index is 0.000000160. The van der Waals surface area contributed by atoms with Crippen molar-refractivity contribution in [3.05, 3.63) is 29.8 Å². The minimum absolute atomic E-state index is 0.520. The molecule has 0 aromatic heterocycles. The van der Waals surface area contributed by atoms with Crippen molar-refractivity contribution in [2.24, 2.45) is 11.7 Å². The zero-order valence-electron chi connectivity index (χ0n) is 10.4. The van der Waals surface area contributed by atoms with Crippen LogP contribution < -0.4 is 11.5 Å². The van der Waals surface area contributed by atoms with Gasteiger partial charge in [0.25, 0.3) is 0 Å². The van der Waals surface area contributed by atoms with Gasteiger partial charge in [-0.25, -0.2) is 0 Å². The maximum atomic E-state index is 5.70. The average molecular weight is 220 g/mol. The van der Waals surface area contributed by atoms with E-state index in [1.807, 2.05) is 31.2 Å². The third-order valence-electron chi connectivity index (χ3n) is 3.14. The van der Waals surface area contributed by atoms with E-state index in [2.05, 4.69) is 6.92 Å². The van der Waals surface area contributed by atoms with Gasteiger partial charge in [0.1, 0.15) is 0 Å². The van der Waals surface area contributed by atoms with Gasteiger partial charge in [-0.05, 0) is 50.7 Å². The fourth-order valence-corrected chi connectivity index (χ4v) is 1.85. The van der Waals surface area contributed by atoms with Crippen LogP contribution >= 0.6 is 0 Å². The lowest BCUT2D eigenvalue weighted by molar-refractivity contribution is 0.348. The van der Waals surface area contributed by atoms with E-state index in [4.69, 9.17) is 11.5 Å². The zero-order chi connectivity index (χ0) is 12.0. The summed E-state index contributed by atoms with van der Waals surface area (Å²) in [6.45, 7) is 4.35. The first-order valence-electron chi connectivity index (χ1n) is 6.15. The van der Waals surface area contributed by atoms with Crippen LogP contribution in [0.15, 0.2) is 24.3 Å². The van der Waals surface area contributed by atoms with Gasteiger partial charge in [-0.15, -0.1) is 0 Å². The molecule has 0 aliphatic heterocycles. The Hall–Kier alpha value is -1.02. The Labute approximate surface area is 99.0 Å². The van der Waals surface area contributed by atoms with Crippen LogP contribution in [0.5, 0.6) is 0 Å². The molecule has 1 aliphatic rings. The monoisotopic (exact) mass is 220 g/mol. The van der Waals surface area contributed by atoms with Crippen molar-refractivity contribution in [1.29, 1.82) is 0 Å². The molecule has 0 unspecified atom stereocenters. The second-order valence-electron chi connectivity index (χ2n) is 4.93. The Bertz CT molecular complexity index is 253.